The summed E-state index contributed by atoms with van der Waals surface area (Å²) in [5, 5.41) is 0. The summed E-state index contributed by atoms with van der Waals surface area (Å²) < 4.78 is 6.34. The van der Waals surface area contributed by atoms with E-state index in [9.17, 15) is 0 Å². The van der Waals surface area contributed by atoms with Crippen LogP contribution in [0, 0.1) is 0 Å². The van der Waals surface area contributed by atoms with E-state index < -0.39 is 0 Å². The van der Waals surface area contributed by atoms with Gasteiger partial charge in [0.05, 0.1) is 6.10 Å². The van der Waals surface area contributed by atoms with Crippen LogP contribution in [0.2, 0.25) is 0 Å². The van der Waals surface area contributed by atoms with Crippen LogP contribution in [0.3, 0.4) is 0 Å². The summed E-state index contributed by atoms with van der Waals surface area (Å²) in [6, 6.07) is 8.60. The van der Waals surface area contributed by atoms with Gasteiger partial charge in [-0.15, -0.1) is 0 Å². The molecule has 0 radical (unpaired) electrons. The fourth-order valence-corrected chi connectivity index (χ4v) is 2.95. The van der Waals surface area contributed by atoms with Crippen molar-refractivity contribution in [3.63, 3.8) is 0 Å². The first-order valence-corrected chi connectivity index (χ1v) is 5.91. The number of rotatable bonds is 2. The molecule has 0 N–H and O–H groups in total. The van der Waals surface area contributed by atoms with Gasteiger partial charge in [0.2, 0.25) is 0 Å². The Bertz CT molecular complexity index is 298. The molecular weight excluding hydrogens is 275 g/mol. The molecule has 0 spiro atoms. The third kappa shape index (κ3) is 1.74. The van der Waals surface area contributed by atoms with Crippen LogP contribution >= 0.6 is 22.6 Å². The Hall–Kier alpha value is -0.0900. The Kier molecular flexibility index (Phi) is 2.89. The summed E-state index contributed by atoms with van der Waals surface area (Å²) in [6.45, 7) is 2.86. The molecule has 0 saturated carbocycles. The molecule has 1 aliphatic rings. The number of fused-ring (bicyclic) bond motifs is 1. The Labute approximate surface area is 92.6 Å². The lowest BCUT2D eigenvalue weighted by Crippen LogP contribution is -2.10. The first kappa shape index (κ1) is 9.46. The number of benzene rings is 1. The van der Waals surface area contributed by atoms with E-state index in [2.05, 4.69) is 53.8 Å². The van der Waals surface area contributed by atoms with Crippen LogP contribution in [-0.2, 0) is 11.2 Å². The largest absolute Gasteiger partial charge is 0.373 e. The summed E-state index contributed by atoms with van der Waals surface area (Å²) in [5.74, 6) is 0. The maximum Gasteiger partial charge on any atom is 0.0948 e. The summed E-state index contributed by atoms with van der Waals surface area (Å²) >= 11 is 2.49. The van der Waals surface area contributed by atoms with E-state index in [4.69, 9.17) is 4.74 Å². The second kappa shape index (κ2) is 3.96. The van der Waals surface area contributed by atoms with Gasteiger partial charge in [0.1, 0.15) is 0 Å². The molecule has 0 bridgehead atoms. The number of alkyl halides is 1. The van der Waals surface area contributed by atoms with Gasteiger partial charge in [0.25, 0.3) is 0 Å². The van der Waals surface area contributed by atoms with Crippen molar-refractivity contribution in [1.29, 1.82) is 0 Å². The number of ether oxygens (including phenoxy) is 1. The van der Waals surface area contributed by atoms with Crippen LogP contribution in [-0.4, -0.2) is 10.5 Å². The Morgan fingerprint density at radius 3 is 3.00 bits per heavy atom. The molecule has 70 valence electrons. The van der Waals surface area contributed by atoms with Gasteiger partial charge >= 0.3 is 0 Å². The molecule has 2 atom stereocenters. The molecule has 0 aromatic heterocycles. The molecule has 1 nitrogen and oxygen atoms in total. The van der Waals surface area contributed by atoms with E-state index in [1.165, 1.54) is 11.1 Å². The Morgan fingerprint density at radius 1 is 1.46 bits per heavy atom. The lowest BCUT2D eigenvalue weighted by atomic mass is 10.1. The highest BCUT2D eigenvalue weighted by atomic mass is 127. The lowest BCUT2D eigenvalue weighted by molar-refractivity contribution is 0.0709. The van der Waals surface area contributed by atoms with Gasteiger partial charge in [-0.1, -0.05) is 46.9 Å². The number of hydrogen-bond acceptors (Lipinski definition) is 1. The molecule has 13 heavy (non-hydrogen) atoms. The fraction of sp³-hybridized carbons (Fsp3) is 0.455. The van der Waals surface area contributed by atoms with Crippen LogP contribution < -0.4 is 0 Å². The van der Waals surface area contributed by atoms with Crippen molar-refractivity contribution in [3.05, 3.63) is 35.4 Å². The van der Waals surface area contributed by atoms with Crippen LogP contribution in [0.1, 0.15) is 24.2 Å². The van der Waals surface area contributed by atoms with E-state index in [1.807, 2.05) is 0 Å². The van der Waals surface area contributed by atoms with Gasteiger partial charge in [-0.05, 0) is 24.5 Å². The summed E-state index contributed by atoms with van der Waals surface area (Å²) in [5.41, 5.74) is 2.85. The average molecular weight is 288 g/mol. The van der Waals surface area contributed by atoms with E-state index in [-0.39, 0.29) is 0 Å². The molecule has 1 aromatic rings. The molecule has 0 fully saturated rings. The zero-order chi connectivity index (χ0) is 9.26. The van der Waals surface area contributed by atoms with Crippen molar-refractivity contribution >= 4 is 22.6 Å². The summed E-state index contributed by atoms with van der Waals surface area (Å²) in [7, 11) is 0. The highest BCUT2D eigenvalue weighted by Gasteiger charge is 2.30. The average Bonchev–Trinajstić information content (AvgIpc) is 2.44. The highest BCUT2D eigenvalue weighted by Crippen LogP contribution is 2.38. The SMILES string of the molecule is CCO[C@@H]1c2ccccc2C[C@H]1I. The molecule has 0 heterocycles. The van der Waals surface area contributed by atoms with Crippen LogP contribution in [0.15, 0.2) is 24.3 Å². The highest BCUT2D eigenvalue weighted by molar-refractivity contribution is 14.1. The van der Waals surface area contributed by atoms with Crippen LogP contribution in [0.4, 0.5) is 0 Å². The van der Waals surface area contributed by atoms with Gasteiger partial charge in [-0.2, -0.15) is 0 Å². The maximum absolute atomic E-state index is 5.73. The molecule has 2 rings (SSSR count). The zero-order valence-electron chi connectivity index (χ0n) is 7.66. The quantitative estimate of drug-likeness (QED) is 0.600. The van der Waals surface area contributed by atoms with Gasteiger partial charge in [0, 0.05) is 10.5 Å². The predicted octanol–water partition coefficient (Wildman–Crippen LogP) is 3.12. The lowest BCUT2D eigenvalue weighted by Gasteiger charge is -2.15. The van der Waals surface area contributed by atoms with Gasteiger partial charge in [-0.3, -0.25) is 0 Å². The van der Waals surface area contributed by atoms with Crippen LogP contribution in [0.25, 0.3) is 0 Å². The Balaban J connectivity index is 2.29. The first-order valence-electron chi connectivity index (χ1n) is 4.66. The molecule has 0 saturated heterocycles. The summed E-state index contributed by atoms with van der Waals surface area (Å²) in [6.07, 6.45) is 1.48. The zero-order valence-corrected chi connectivity index (χ0v) is 9.82. The molecule has 1 aliphatic carbocycles. The molecule has 1 aromatic carbocycles. The normalized spacial score (nSPS) is 26.0. The standard InChI is InChI=1S/C11H13IO/c1-2-13-11-9-6-4-3-5-8(9)7-10(11)12/h3-6,10-11H,2,7H2,1H3/t10-,11-/m1/s1. The minimum absolute atomic E-state index is 0.321. The molecule has 2 heteroatoms. The van der Waals surface area contributed by atoms with Crippen molar-refractivity contribution in [2.45, 2.75) is 23.4 Å². The van der Waals surface area contributed by atoms with E-state index in [0.717, 1.165) is 13.0 Å². The van der Waals surface area contributed by atoms with E-state index in [1.54, 1.807) is 0 Å². The third-order valence-corrected chi connectivity index (χ3v) is 3.54. The third-order valence-electron chi connectivity index (χ3n) is 2.45. The van der Waals surface area contributed by atoms with Crippen molar-refractivity contribution in [2.75, 3.05) is 6.61 Å². The first-order chi connectivity index (χ1) is 6.33. The van der Waals surface area contributed by atoms with Crippen molar-refractivity contribution in [1.82, 2.24) is 0 Å². The fourth-order valence-electron chi connectivity index (χ4n) is 1.88. The van der Waals surface area contributed by atoms with Crippen molar-refractivity contribution in [2.24, 2.45) is 0 Å². The maximum atomic E-state index is 5.73. The molecular formula is C11H13IO. The number of hydrogen-bond donors (Lipinski definition) is 0. The van der Waals surface area contributed by atoms with Crippen molar-refractivity contribution < 1.29 is 4.74 Å². The molecule has 0 amide bonds. The van der Waals surface area contributed by atoms with Crippen molar-refractivity contribution in [3.8, 4) is 0 Å². The minimum Gasteiger partial charge on any atom is -0.373 e. The summed E-state index contributed by atoms with van der Waals surface area (Å²) in [4.78, 5) is 0. The Morgan fingerprint density at radius 2 is 2.23 bits per heavy atom. The van der Waals surface area contributed by atoms with Gasteiger partial charge < -0.3 is 4.74 Å². The van der Waals surface area contributed by atoms with Gasteiger partial charge in [-0.25, -0.2) is 0 Å². The molecule has 0 unspecified atom stereocenters. The smallest absolute Gasteiger partial charge is 0.0948 e. The second-order valence-electron chi connectivity index (χ2n) is 3.29. The van der Waals surface area contributed by atoms with E-state index >= 15 is 0 Å². The topological polar surface area (TPSA) is 9.23 Å². The monoisotopic (exact) mass is 288 g/mol. The van der Waals surface area contributed by atoms with E-state index in [0.29, 0.717) is 10.0 Å². The molecule has 0 aliphatic heterocycles. The number of halogens is 1. The second-order valence-corrected chi connectivity index (χ2v) is 4.89. The van der Waals surface area contributed by atoms with Crippen LogP contribution in [0.5, 0.6) is 0 Å². The van der Waals surface area contributed by atoms with Gasteiger partial charge in [0.15, 0.2) is 0 Å². The minimum atomic E-state index is 0.321. The predicted molar refractivity (Wildman–Crippen MR) is 62.3 cm³/mol.